The molecule has 4 rings (SSSR count). The van der Waals surface area contributed by atoms with Gasteiger partial charge in [-0.3, -0.25) is 14.2 Å². The van der Waals surface area contributed by atoms with Gasteiger partial charge in [-0.1, -0.05) is 24.6 Å². The number of rotatable bonds is 5. The third-order valence-corrected chi connectivity index (χ3v) is 5.07. The van der Waals surface area contributed by atoms with E-state index in [0.717, 1.165) is 43.6 Å². The topological polar surface area (TPSA) is 91.0 Å². The Kier molecular flexibility index (Phi) is 5.10. The fourth-order valence-corrected chi connectivity index (χ4v) is 3.60. The van der Waals surface area contributed by atoms with E-state index in [9.17, 15) is 9.59 Å². The summed E-state index contributed by atoms with van der Waals surface area (Å²) in [6, 6.07) is 7.48. The molecule has 0 aliphatic carbocycles. The highest BCUT2D eigenvalue weighted by atomic mass is 16.5. The predicted octanol–water partition coefficient (Wildman–Crippen LogP) is 1.64. The Labute approximate surface area is 162 Å². The van der Waals surface area contributed by atoms with Crippen molar-refractivity contribution in [2.24, 2.45) is 0 Å². The molecule has 8 nitrogen and oxygen atoms in total. The molecule has 3 aromatic rings. The summed E-state index contributed by atoms with van der Waals surface area (Å²) in [4.78, 5) is 34.1. The van der Waals surface area contributed by atoms with Gasteiger partial charge in [0.15, 0.2) is 11.2 Å². The molecule has 1 N–H and O–H groups in total. The normalized spacial score (nSPS) is 13.8. The molecule has 1 amide bonds. The van der Waals surface area contributed by atoms with Crippen molar-refractivity contribution in [1.82, 2.24) is 24.4 Å². The minimum Gasteiger partial charge on any atom is -0.496 e. The summed E-state index contributed by atoms with van der Waals surface area (Å²) in [6.45, 7) is 1.06. The number of benzene rings is 1. The number of hydrogen-bond donors (Lipinski definition) is 1. The molecule has 146 valence electrons. The average Bonchev–Trinajstić information content (AvgIpc) is 2.90. The Morgan fingerprint density at radius 3 is 2.96 bits per heavy atom. The lowest BCUT2D eigenvalue weighted by Gasteiger charge is -2.10. The first-order chi connectivity index (χ1) is 13.7. The number of nitrogens with zero attached hydrogens (tertiary/aromatic N) is 4. The van der Waals surface area contributed by atoms with E-state index in [1.807, 2.05) is 28.8 Å². The standard InChI is InChI=1S/C20H23N5O3/c1-28-15-8-5-4-7-14(15)11-21-17(26)12-24-13-22-19-18(20(24)27)23-16-9-3-2-6-10-25(16)19/h4-5,7-8,13H,2-3,6,9-12H2,1H3,(H,21,26). The molecule has 2 aromatic heterocycles. The third-order valence-electron chi connectivity index (χ3n) is 5.07. The molecule has 1 aromatic carbocycles. The number of hydrogen-bond acceptors (Lipinski definition) is 5. The molecule has 1 aliphatic rings. The van der Waals surface area contributed by atoms with Crippen LogP contribution in [0.2, 0.25) is 0 Å². The maximum absolute atomic E-state index is 12.8. The van der Waals surface area contributed by atoms with Crippen LogP contribution in [0.25, 0.3) is 11.2 Å². The fourth-order valence-electron chi connectivity index (χ4n) is 3.60. The second-order valence-electron chi connectivity index (χ2n) is 6.93. The Balaban J connectivity index is 1.51. The Hall–Kier alpha value is -3.16. The summed E-state index contributed by atoms with van der Waals surface area (Å²) in [7, 11) is 1.59. The predicted molar refractivity (Wildman–Crippen MR) is 104 cm³/mol. The number of para-hydroxylation sites is 1. The zero-order chi connectivity index (χ0) is 19.5. The molecule has 0 saturated carbocycles. The molecule has 0 atom stereocenters. The van der Waals surface area contributed by atoms with E-state index in [-0.39, 0.29) is 18.0 Å². The number of methoxy groups -OCH3 is 1. The van der Waals surface area contributed by atoms with Gasteiger partial charge in [-0.15, -0.1) is 0 Å². The second kappa shape index (κ2) is 7.84. The zero-order valence-electron chi connectivity index (χ0n) is 15.9. The number of aryl methyl sites for hydroxylation is 2. The van der Waals surface area contributed by atoms with Gasteiger partial charge in [0.2, 0.25) is 5.91 Å². The van der Waals surface area contributed by atoms with Crippen LogP contribution in [0.1, 0.15) is 30.7 Å². The third kappa shape index (κ3) is 3.49. The number of ether oxygens (including phenoxy) is 1. The van der Waals surface area contributed by atoms with Crippen LogP contribution in [0.5, 0.6) is 5.75 Å². The van der Waals surface area contributed by atoms with E-state index in [2.05, 4.69) is 15.3 Å². The van der Waals surface area contributed by atoms with Crippen LogP contribution in [-0.4, -0.2) is 32.1 Å². The maximum atomic E-state index is 12.8. The Morgan fingerprint density at radius 2 is 2.11 bits per heavy atom. The van der Waals surface area contributed by atoms with Gasteiger partial charge in [-0.05, 0) is 18.9 Å². The average molecular weight is 381 g/mol. The second-order valence-corrected chi connectivity index (χ2v) is 6.93. The smallest absolute Gasteiger partial charge is 0.282 e. The molecule has 0 saturated heterocycles. The molecule has 1 aliphatic heterocycles. The van der Waals surface area contributed by atoms with Crippen LogP contribution in [-0.2, 0) is 30.8 Å². The number of amides is 1. The van der Waals surface area contributed by atoms with E-state index < -0.39 is 0 Å². The molecule has 28 heavy (non-hydrogen) atoms. The highest BCUT2D eigenvalue weighted by Crippen LogP contribution is 2.18. The van der Waals surface area contributed by atoms with Crippen LogP contribution >= 0.6 is 0 Å². The van der Waals surface area contributed by atoms with E-state index >= 15 is 0 Å². The summed E-state index contributed by atoms with van der Waals surface area (Å²) in [6.07, 6.45) is 5.59. The summed E-state index contributed by atoms with van der Waals surface area (Å²) >= 11 is 0. The fraction of sp³-hybridized carbons (Fsp3) is 0.400. The molecule has 0 radical (unpaired) electrons. The first-order valence-corrected chi connectivity index (χ1v) is 9.50. The number of nitrogens with one attached hydrogen (secondary N) is 1. The van der Waals surface area contributed by atoms with Gasteiger partial charge < -0.3 is 14.6 Å². The van der Waals surface area contributed by atoms with Gasteiger partial charge in [-0.25, -0.2) is 9.97 Å². The lowest BCUT2D eigenvalue weighted by atomic mass is 10.2. The van der Waals surface area contributed by atoms with Crippen molar-refractivity contribution < 1.29 is 9.53 Å². The van der Waals surface area contributed by atoms with E-state index in [4.69, 9.17) is 4.74 Å². The summed E-state index contributed by atoms with van der Waals surface area (Å²) < 4.78 is 8.63. The largest absolute Gasteiger partial charge is 0.496 e. The maximum Gasteiger partial charge on any atom is 0.282 e. The molecule has 8 heteroatoms. The van der Waals surface area contributed by atoms with Gasteiger partial charge in [0.25, 0.3) is 5.56 Å². The molecule has 0 bridgehead atoms. The molecular formula is C20H23N5O3. The zero-order valence-corrected chi connectivity index (χ0v) is 15.9. The lowest BCUT2D eigenvalue weighted by Crippen LogP contribution is -2.32. The number of imidazole rings is 1. The molecule has 0 fully saturated rings. The first-order valence-electron chi connectivity index (χ1n) is 9.50. The highest BCUT2D eigenvalue weighted by Gasteiger charge is 2.18. The van der Waals surface area contributed by atoms with Crippen molar-refractivity contribution in [3.8, 4) is 5.75 Å². The van der Waals surface area contributed by atoms with Gasteiger partial charge in [-0.2, -0.15) is 0 Å². The number of aromatic nitrogens is 4. The monoisotopic (exact) mass is 381 g/mol. The molecule has 3 heterocycles. The van der Waals surface area contributed by atoms with Crippen molar-refractivity contribution in [2.45, 2.75) is 45.3 Å². The number of carbonyl (C=O) groups is 1. The van der Waals surface area contributed by atoms with E-state index in [1.165, 1.54) is 10.9 Å². The van der Waals surface area contributed by atoms with E-state index in [0.29, 0.717) is 23.5 Å². The van der Waals surface area contributed by atoms with Crippen LogP contribution in [0, 0.1) is 0 Å². The Morgan fingerprint density at radius 1 is 1.25 bits per heavy atom. The van der Waals surface area contributed by atoms with Crippen LogP contribution in [0.15, 0.2) is 35.4 Å². The summed E-state index contributed by atoms with van der Waals surface area (Å²) in [5, 5.41) is 2.82. The molecular weight excluding hydrogens is 358 g/mol. The summed E-state index contributed by atoms with van der Waals surface area (Å²) in [5.41, 5.74) is 1.56. The highest BCUT2D eigenvalue weighted by molar-refractivity contribution is 5.76. The summed E-state index contributed by atoms with van der Waals surface area (Å²) in [5.74, 6) is 1.35. The molecule has 0 spiro atoms. The van der Waals surface area contributed by atoms with Crippen LogP contribution in [0.4, 0.5) is 0 Å². The number of carbonyl (C=O) groups excluding carboxylic acids is 1. The van der Waals surface area contributed by atoms with Crippen molar-refractivity contribution in [3.05, 3.63) is 52.3 Å². The Bertz CT molecular complexity index is 1070. The minimum absolute atomic E-state index is 0.0981. The van der Waals surface area contributed by atoms with Crippen LogP contribution in [0.3, 0.4) is 0 Å². The number of fused-ring (bicyclic) bond motifs is 3. The minimum atomic E-state index is -0.280. The first kappa shape index (κ1) is 18.2. The lowest BCUT2D eigenvalue weighted by molar-refractivity contribution is -0.121. The van der Waals surface area contributed by atoms with Gasteiger partial charge >= 0.3 is 0 Å². The van der Waals surface area contributed by atoms with E-state index in [1.54, 1.807) is 7.11 Å². The van der Waals surface area contributed by atoms with Gasteiger partial charge in [0.05, 0.1) is 7.11 Å². The van der Waals surface area contributed by atoms with Gasteiger partial charge in [0.1, 0.15) is 24.4 Å². The van der Waals surface area contributed by atoms with Crippen molar-refractivity contribution >= 4 is 17.1 Å². The van der Waals surface area contributed by atoms with Gasteiger partial charge in [0, 0.05) is 25.1 Å². The quantitative estimate of drug-likeness (QED) is 0.726. The molecule has 0 unspecified atom stereocenters. The van der Waals surface area contributed by atoms with Crippen molar-refractivity contribution in [2.75, 3.05) is 7.11 Å². The SMILES string of the molecule is COc1ccccc1CNC(=O)Cn1cnc2c(nc3n2CCCCC3)c1=O. The van der Waals surface area contributed by atoms with Crippen molar-refractivity contribution in [1.29, 1.82) is 0 Å². The van der Waals surface area contributed by atoms with Crippen molar-refractivity contribution in [3.63, 3.8) is 0 Å². The van der Waals surface area contributed by atoms with Crippen LogP contribution < -0.4 is 15.6 Å².